The van der Waals surface area contributed by atoms with Crippen molar-refractivity contribution in [2.24, 2.45) is 0 Å². The fourth-order valence-electron chi connectivity index (χ4n) is 2.51. The molecule has 3 rings (SSSR count). The van der Waals surface area contributed by atoms with Gasteiger partial charge in [-0.2, -0.15) is 0 Å². The van der Waals surface area contributed by atoms with Crippen molar-refractivity contribution in [2.75, 3.05) is 19.6 Å². The average Bonchev–Trinajstić information content (AvgIpc) is 2.69. The summed E-state index contributed by atoms with van der Waals surface area (Å²) in [6.45, 7) is 7.24. The van der Waals surface area contributed by atoms with Crippen LogP contribution >= 0.6 is 0 Å². The van der Waals surface area contributed by atoms with Gasteiger partial charge < -0.3 is 15.6 Å². The molecule has 1 aromatic heterocycles. The van der Waals surface area contributed by atoms with E-state index in [1.807, 2.05) is 6.92 Å². The van der Waals surface area contributed by atoms with Crippen molar-refractivity contribution in [1.82, 2.24) is 20.6 Å². The molecule has 0 aliphatic carbocycles. The molecule has 1 aromatic carbocycles. The first kappa shape index (κ1) is 10.7. The van der Waals surface area contributed by atoms with Gasteiger partial charge in [-0.3, -0.25) is 0 Å². The Bertz CT molecular complexity index is 537. The average molecular weight is 230 g/mol. The lowest BCUT2D eigenvalue weighted by atomic mass is 9.90. The molecule has 4 heteroatoms. The number of hydrogen-bond acceptors (Lipinski definition) is 3. The van der Waals surface area contributed by atoms with Gasteiger partial charge in [0.2, 0.25) is 0 Å². The largest absolute Gasteiger partial charge is 0.342 e. The molecule has 0 spiro atoms. The van der Waals surface area contributed by atoms with Crippen molar-refractivity contribution in [1.29, 1.82) is 0 Å². The molecule has 90 valence electrons. The van der Waals surface area contributed by atoms with Crippen LogP contribution in [0.15, 0.2) is 18.2 Å². The second-order valence-corrected chi connectivity index (χ2v) is 4.99. The van der Waals surface area contributed by atoms with Crippen LogP contribution in [-0.4, -0.2) is 29.6 Å². The van der Waals surface area contributed by atoms with Crippen LogP contribution in [0.5, 0.6) is 0 Å². The Morgan fingerprint density at radius 3 is 2.94 bits per heavy atom. The highest BCUT2D eigenvalue weighted by Gasteiger charge is 2.28. The number of rotatable bonds is 1. The first-order chi connectivity index (χ1) is 8.17. The highest BCUT2D eigenvalue weighted by molar-refractivity contribution is 5.76. The van der Waals surface area contributed by atoms with Crippen molar-refractivity contribution in [2.45, 2.75) is 19.4 Å². The van der Waals surface area contributed by atoms with E-state index in [1.54, 1.807) is 0 Å². The van der Waals surface area contributed by atoms with Crippen LogP contribution in [0, 0.1) is 6.92 Å². The lowest BCUT2D eigenvalue weighted by Crippen LogP contribution is -2.54. The minimum Gasteiger partial charge on any atom is -0.342 e. The van der Waals surface area contributed by atoms with Crippen LogP contribution in [0.2, 0.25) is 0 Å². The van der Waals surface area contributed by atoms with Gasteiger partial charge in [0.1, 0.15) is 5.82 Å². The summed E-state index contributed by atoms with van der Waals surface area (Å²) in [6, 6.07) is 6.47. The Labute approximate surface area is 101 Å². The van der Waals surface area contributed by atoms with E-state index in [4.69, 9.17) is 0 Å². The Hall–Kier alpha value is -1.39. The molecule has 2 heterocycles. The fraction of sp³-hybridized carbons (Fsp3) is 0.462. The third kappa shape index (κ3) is 1.83. The highest BCUT2D eigenvalue weighted by Crippen LogP contribution is 2.24. The van der Waals surface area contributed by atoms with Crippen molar-refractivity contribution in [3.63, 3.8) is 0 Å². The summed E-state index contributed by atoms with van der Waals surface area (Å²) in [5.41, 5.74) is 3.49. The molecule has 1 atom stereocenters. The summed E-state index contributed by atoms with van der Waals surface area (Å²) in [5, 5.41) is 7.03. The maximum absolute atomic E-state index is 4.43. The smallest absolute Gasteiger partial charge is 0.104 e. The summed E-state index contributed by atoms with van der Waals surface area (Å²) in [4.78, 5) is 7.73. The number of hydrogen-bond donors (Lipinski definition) is 3. The number of aromatic amines is 1. The van der Waals surface area contributed by atoms with E-state index in [1.165, 1.54) is 5.56 Å². The van der Waals surface area contributed by atoms with Gasteiger partial charge >= 0.3 is 0 Å². The Morgan fingerprint density at radius 1 is 1.29 bits per heavy atom. The van der Waals surface area contributed by atoms with Gasteiger partial charge in [-0.1, -0.05) is 6.07 Å². The molecule has 1 saturated heterocycles. The van der Waals surface area contributed by atoms with Gasteiger partial charge in [0.05, 0.1) is 16.6 Å². The molecule has 4 nitrogen and oxygen atoms in total. The first-order valence-corrected chi connectivity index (χ1v) is 6.10. The van der Waals surface area contributed by atoms with Gasteiger partial charge in [-0.05, 0) is 31.5 Å². The second kappa shape index (κ2) is 3.82. The predicted molar refractivity (Wildman–Crippen MR) is 69.1 cm³/mol. The summed E-state index contributed by atoms with van der Waals surface area (Å²) in [7, 11) is 0. The van der Waals surface area contributed by atoms with E-state index >= 15 is 0 Å². The molecule has 1 aliphatic rings. The number of fused-ring (bicyclic) bond motifs is 1. The molecule has 1 unspecified atom stereocenters. The van der Waals surface area contributed by atoms with Crippen LogP contribution in [0.3, 0.4) is 0 Å². The SMILES string of the molecule is Cc1nc2ccc(C3(C)CNCCN3)cc2[nH]1. The van der Waals surface area contributed by atoms with Crippen molar-refractivity contribution in [3.05, 3.63) is 29.6 Å². The number of H-pyrrole nitrogens is 1. The van der Waals surface area contributed by atoms with E-state index < -0.39 is 0 Å². The lowest BCUT2D eigenvalue weighted by Gasteiger charge is -2.36. The molecule has 0 bridgehead atoms. The van der Waals surface area contributed by atoms with Crippen molar-refractivity contribution < 1.29 is 0 Å². The minimum atomic E-state index is 0.0193. The zero-order valence-corrected chi connectivity index (χ0v) is 10.3. The van der Waals surface area contributed by atoms with Gasteiger partial charge in [0.15, 0.2) is 0 Å². The van der Waals surface area contributed by atoms with E-state index in [2.05, 4.69) is 45.7 Å². The van der Waals surface area contributed by atoms with Gasteiger partial charge in [-0.25, -0.2) is 4.98 Å². The maximum atomic E-state index is 4.43. The standard InChI is InChI=1S/C13H18N4/c1-9-16-11-4-3-10(7-12(11)17-9)13(2)8-14-5-6-15-13/h3-4,7,14-15H,5-6,8H2,1-2H3,(H,16,17). The first-order valence-electron chi connectivity index (χ1n) is 6.10. The number of nitrogens with one attached hydrogen (secondary N) is 3. The zero-order valence-electron chi connectivity index (χ0n) is 10.3. The molecule has 1 fully saturated rings. The van der Waals surface area contributed by atoms with E-state index in [0.29, 0.717) is 0 Å². The van der Waals surface area contributed by atoms with Crippen LogP contribution in [0.1, 0.15) is 18.3 Å². The molecular weight excluding hydrogens is 212 g/mol. The summed E-state index contributed by atoms with van der Waals surface area (Å²) in [5.74, 6) is 0.969. The predicted octanol–water partition coefficient (Wildman–Crippen LogP) is 1.28. The Balaban J connectivity index is 2.04. The molecule has 0 saturated carbocycles. The highest BCUT2D eigenvalue weighted by atomic mass is 15.1. The summed E-state index contributed by atoms with van der Waals surface area (Å²) < 4.78 is 0. The van der Waals surface area contributed by atoms with E-state index in [9.17, 15) is 0 Å². The molecule has 0 amide bonds. The second-order valence-electron chi connectivity index (χ2n) is 4.99. The summed E-state index contributed by atoms with van der Waals surface area (Å²) >= 11 is 0. The minimum absolute atomic E-state index is 0.0193. The molecule has 1 aliphatic heterocycles. The molecule has 0 radical (unpaired) electrons. The molecule has 2 aromatic rings. The quantitative estimate of drug-likeness (QED) is 0.691. The topological polar surface area (TPSA) is 52.7 Å². The zero-order chi connectivity index (χ0) is 11.9. The lowest BCUT2D eigenvalue weighted by molar-refractivity contribution is 0.303. The van der Waals surface area contributed by atoms with Crippen LogP contribution in [-0.2, 0) is 5.54 Å². The molecule has 17 heavy (non-hydrogen) atoms. The number of imidazole rings is 1. The fourth-order valence-corrected chi connectivity index (χ4v) is 2.51. The monoisotopic (exact) mass is 230 g/mol. The van der Waals surface area contributed by atoms with Gasteiger partial charge in [0, 0.05) is 19.6 Å². The van der Waals surface area contributed by atoms with Crippen LogP contribution < -0.4 is 10.6 Å². The third-order valence-electron chi connectivity index (χ3n) is 3.53. The van der Waals surface area contributed by atoms with Crippen LogP contribution in [0.25, 0.3) is 11.0 Å². The number of benzene rings is 1. The third-order valence-corrected chi connectivity index (χ3v) is 3.53. The van der Waals surface area contributed by atoms with E-state index in [-0.39, 0.29) is 5.54 Å². The van der Waals surface area contributed by atoms with Gasteiger partial charge in [-0.15, -0.1) is 0 Å². The Kier molecular flexibility index (Phi) is 2.42. The number of nitrogens with zero attached hydrogens (tertiary/aromatic N) is 1. The number of aromatic nitrogens is 2. The normalized spacial score (nSPS) is 25.3. The van der Waals surface area contributed by atoms with Gasteiger partial charge in [0.25, 0.3) is 0 Å². The van der Waals surface area contributed by atoms with Crippen molar-refractivity contribution >= 4 is 11.0 Å². The number of piperazine rings is 1. The molecular formula is C13H18N4. The van der Waals surface area contributed by atoms with Crippen LogP contribution in [0.4, 0.5) is 0 Å². The Morgan fingerprint density at radius 2 is 2.18 bits per heavy atom. The van der Waals surface area contributed by atoms with E-state index in [0.717, 1.165) is 36.5 Å². The maximum Gasteiger partial charge on any atom is 0.104 e. The summed E-state index contributed by atoms with van der Waals surface area (Å²) in [6.07, 6.45) is 0. The molecule has 3 N–H and O–H groups in total. The number of aryl methyl sites for hydroxylation is 1. The van der Waals surface area contributed by atoms with Crippen molar-refractivity contribution in [3.8, 4) is 0 Å².